The maximum absolute atomic E-state index is 12.5. The fourth-order valence-corrected chi connectivity index (χ4v) is 3.34. The number of amides is 1. The third-order valence-electron chi connectivity index (χ3n) is 4.77. The van der Waals surface area contributed by atoms with Crippen molar-refractivity contribution in [3.63, 3.8) is 0 Å². The van der Waals surface area contributed by atoms with Gasteiger partial charge in [-0.1, -0.05) is 36.4 Å². The van der Waals surface area contributed by atoms with Gasteiger partial charge in [0, 0.05) is 28.4 Å². The number of hydrogen-bond acceptors (Lipinski definition) is 5. The zero-order valence-corrected chi connectivity index (χ0v) is 16.4. The minimum Gasteiger partial charge on any atom is -0.450 e. The first-order chi connectivity index (χ1) is 14.0. The van der Waals surface area contributed by atoms with Crippen molar-refractivity contribution in [3.05, 3.63) is 60.0 Å². The predicted octanol–water partition coefficient (Wildman–Crippen LogP) is 4.47. The normalized spacial score (nSPS) is 11.3. The molecule has 0 radical (unpaired) electrons. The average Bonchev–Trinajstić information content (AvgIpc) is 3.31. The maximum atomic E-state index is 12.5. The van der Waals surface area contributed by atoms with Crippen molar-refractivity contribution in [3.8, 4) is 0 Å². The summed E-state index contributed by atoms with van der Waals surface area (Å²) in [4.78, 5) is 24.7. The van der Waals surface area contributed by atoms with Crippen LogP contribution in [0, 0.1) is 6.92 Å². The summed E-state index contributed by atoms with van der Waals surface area (Å²) >= 11 is 0. The number of aromatic nitrogens is 2. The monoisotopic (exact) mass is 391 g/mol. The second-order valence-electron chi connectivity index (χ2n) is 7.10. The van der Waals surface area contributed by atoms with Gasteiger partial charge in [0.15, 0.2) is 6.61 Å². The summed E-state index contributed by atoms with van der Waals surface area (Å²) in [5, 5.41) is 9.64. The molecule has 0 fully saturated rings. The van der Waals surface area contributed by atoms with E-state index in [9.17, 15) is 9.59 Å². The van der Waals surface area contributed by atoms with Gasteiger partial charge in [0.05, 0.1) is 6.20 Å². The highest BCUT2D eigenvalue weighted by molar-refractivity contribution is 6.08. The number of anilines is 1. The summed E-state index contributed by atoms with van der Waals surface area (Å²) in [6.07, 6.45) is 1.60. The van der Waals surface area contributed by atoms with Crippen LogP contribution in [0.1, 0.15) is 36.0 Å². The summed E-state index contributed by atoms with van der Waals surface area (Å²) < 4.78 is 12.7. The molecule has 0 saturated carbocycles. The van der Waals surface area contributed by atoms with E-state index in [1.54, 1.807) is 23.9 Å². The van der Waals surface area contributed by atoms with Gasteiger partial charge in [0.1, 0.15) is 11.4 Å². The number of furan rings is 1. The number of fused-ring (bicyclic) bond motifs is 3. The van der Waals surface area contributed by atoms with E-state index in [1.165, 1.54) is 0 Å². The van der Waals surface area contributed by atoms with E-state index in [-0.39, 0.29) is 11.8 Å². The van der Waals surface area contributed by atoms with Crippen LogP contribution in [0.5, 0.6) is 0 Å². The minimum atomic E-state index is -0.671. The van der Waals surface area contributed by atoms with Crippen LogP contribution in [0.3, 0.4) is 0 Å². The van der Waals surface area contributed by atoms with E-state index in [4.69, 9.17) is 9.15 Å². The predicted molar refractivity (Wildman–Crippen MR) is 110 cm³/mol. The average molecular weight is 391 g/mol. The van der Waals surface area contributed by atoms with Crippen LogP contribution in [0.25, 0.3) is 21.7 Å². The molecule has 0 saturated heterocycles. The Balaban J connectivity index is 1.50. The molecule has 2 aromatic heterocycles. The third kappa shape index (κ3) is 3.47. The Morgan fingerprint density at radius 2 is 1.93 bits per heavy atom. The molecule has 0 unspecified atom stereocenters. The van der Waals surface area contributed by atoms with Crippen LogP contribution < -0.4 is 5.32 Å². The number of hydrogen-bond donors (Lipinski definition) is 1. The van der Waals surface area contributed by atoms with Crippen molar-refractivity contribution in [2.24, 2.45) is 0 Å². The van der Waals surface area contributed by atoms with Crippen LogP contribution >= 0.6 is 0 Å². The highest BCUT2D eigenvalue weighted by Gasteiger charge is 2.21. The molecular weight excluding hydrogens is 370 g/mol. The van der Waals surface area contributed by atoms with Crippen molar-refractivity contribution in [1.82, 2.24) is 9.78 Å². The summed E-state index contributed by atoms with van der Waals surface area (Å²) in [6.45, 7) is 5.30. The van der Waals surface area contributed by atoms with E-state index in [0.29, 0.717) is 17.0 Å². The summed E-state index contributed by atoms with van der Waals surface area (Å²) in [6, 6.07) is 13.5. The van der Waals surface area contributed by atoms with Crippen LogP contribution in [0.15, 0.2) is 53.1 Å². The minimum absolute atomic E-state index is 0.0934. The molecule has 0 bridgehead atoms. The number of nitrogens with zero attached hydrogens (tertiary/aromatic N) is 2. The van der Waals surface area contributed by atoms with E-state index >= 15 is 0 Å². The van der Waals surface area contributed by atoms with Gasteiger partial charge in [-0.2, -0.15) is 5.10 Å². The lowest BCUT2D eigenvalue weighted by Gasteiger charge is -2.11. The highest BCUT2D eigenvalue weighted by atomic mass is 16.5. The van der Waals surface area contributed by atoms with Crippen molar-refractivity contribution >= 4 is 39.4 Å². The molecule has 148 valence electrons. The van der Waals surface area contributed by atoms with Crippen molar-refractivity contribution in [1.29, 1.82) is 0 Å². The van der Waals surface area contributed by atoms with Gasteiger partial charge in [-0.05, 0) is 26.2 Å². The molecule has 4 rings (SSSR count). The van der Waals surface area contributed by atoms with Gasteiger partial charge in [0.2, 0.25) is 5.76 Å². The Labute approximate surface area is 167 Å². The van der Waals surface area contributed by atoms with E-state index in [1.807, 2.05) is 50.2 Å². The van der Waals surface area contributed by atoms with Crippen molar-refractivity contribution < 1.29 is 18.7 Å². The zero-order chi connectivity index (χ0) is 20.5. The molecule has 4 aromatic rings. The third-order valence-corrected chi connectivity index (χ3v) is 4.77. The Hall–Kier alpha value is -3.61. The van der Waals surface area contributed by atoms with Gasteiger partial charge in [-0.15, -0.1) is 0 Å². The topological polar surface area (TPSA) is 86.4 Å². The maximum Gasteiger partial charge on any atom is 0.375 e. The lowest BCUT2D eigenvalue weighted by atomic mass is 10.1. The molecule has 1 amide bonds. The summed E-state index contributed by atoms with van der Waals surface area (Å²) in [5.74, 6) is -0.459. The quantitative estimate of drug-likeness (QED) is 0.507. The first-order valence-electron chi connectivity index (χ1n) is 9.37. The number of nitrogens with one attached hydrogen (secondary N) is 1. The van der Waals surface area contributed by atoms with E-state index in [0.717, 1.165) is 16.2 Å². The number of ether oxygens (including phenoxy) is 1. The van der Waals surface area contributed by atoms with Crippen LogP contribution in [0.2, 0.25) is 0 Å². The highest BCUT2D eigenvalue weighted by Crippen LogP contribution is 2.32. The molecule has 0 aliphatic heterocycles. The Morgan fingerprint density at radius 3 is 2.72 bits per heavy atom. The molecule has 7 nitrogen and oxygen atoms in total. The Bertz CT molecular complexity index is 1220. The molecule has 0 spiro atoms. The smallest absolute Gasteiger partial charge is 0.375 e. The molecule has 0 aliphatic carbocycles. The number of rotatable bonds is 5. The lowest BCUT2D eigenvalue weighted by molar-refractivity contribution is -0.119. The van der Waals surface area contributed by atoms with Gasteiger partial charge in [-0.3, -0.25) is 4.79 Å². The molecule has 1 N–H and O–H groups in total. The summed E-state index contributed by atoms with van der Waals surface area (Å²) in [5.41, 5.74) is 1.33. The molecule has 0 aliphatic rings. The SMILES string of the molecule is Cc1c(C(=O)OCC(=O)Nc2ccnn2C(C)C)oc2c1ccc1ccccc12. The number of carbonyl (C=O) groups excluding carboxylic acids is 2. The second-order valence-corrected chi connectivity index (χ2v) is 7.10. The standard InChI is InChI=1S/C22H21N3O4/c1-13(2)25-18(10-11-23-25)24-19(26)12-28-22(27)20-14(3)16-9-8-15-6-4-5-7-17(15)21(16)29-20/h4-11,13H,12H2,1-3H3,(H,24,26). The van der Waals surface area contributed by atoms with E-state index < -0.39 is 18.5 Å². The zero-order valence-electron chi connectivity index (χ0n) is 16.4. The largest absolute Gasteiger partial charge is 0.450 e. The van der Waals surface area contributed by atoms with Crippen LogP contribution in [-0.2, 0) is 9.53 Å². The molecule has 2 heterocycles. The van der Waals surface area contributed by atoms with Gasteiger partial charge >= 0.3 is 5.97 Å². The first-order valence-corrected chi connectivity index (χ1v) is 9.37. The van der Waals surface area contributed by atoms with Gasteiger partial charge in [0.25, 0.3) is 5.91 Å². The molecule has 0 atom stereocenters. The Morgan fingerprint density at radius 1 is 1.14 bits per heavy atom. The van der Waals surface area contributed by atoms with Crippen molar-refractivity contribution in [2.75, 3.05) is 11.9 Å². The fraction of sp³-hybridized carbons (Fsp3) is 0.227. The summed E-state index contributed by atoms with van der Waals surface area (Å²) in [7, 11) is 0. The number of aryl methyl sites for hydroxylation is 1. The molecule has 2 aromatic carbocycles. The van der Waals surface area contributed by atoms with Crippen molar-refractivity contribution in [2.45, 2.75) is 26.8 Å². The number of benzene rings is 2. The fourth-order valence-electron chi connectivity index (χ4n) is 3.34. The molecular formula is C22H21N3O4. The van der Waals surface area contributed by atoms with Crippen LogP contribution in [0.4, 0.5) is 5.82 Å². The van der Waals surface area contributed by atoms with Gasteiger partial charge in [-0.25, -0.2) is 9.48 Å². The van der Waals surface area contributed by atoms with Crippen LogP contribution in [-0.4, -0.2) is 28.3 Å². The second kappa shape index (κ2) is 7.43. The number of carbonyl (C=O) groups is 2. The van der Waals surface area contributed by atoms with E-state index in [2.05, 4.69) is 10.4 Å². The number of esters is 1. The molecule has 29 heavy (non-hydrogen) atoms. The lowest BCUT2D eigenvalue weighted by Crippen LogP contribution is -2.23. The van der Waals surface area contributed by atoms with Gasteiger partial charge < -0.3 is 14.5 Å². The Kier molecular flexibility index (Phi) is 4.80. The molecule has 7 heteroatoms. The first kappa shape index (κ1) is 18.7.